The van der Waals surface area contributed by atoms with E-state index in [9.17, 15) is 4.39 Å². The van der Waals surface area contributed by atoms with Gasteiger partial charge in [-0.15, -0.1) is 0 Å². The van der Waals surface area contributed by atoms with E-state index < -0.39 is 0 Å². The molecule has 2 aromatic carbocycles. The van der Waals surface area contributed by atoms with E-state index >= 15 is 0 Å². The van der Waals surface area contributed by atoms with Crippen LogP contribution in [0.15, 0.2) is 53.6 Å². The number of nitrogens with one attached hydrogen (secondary N) is 1. The van der Waals surface area contributed by atoms with E-state index in [4.69, 9.17) is 10.5 Å². The second-order valence-electron chi connectivity index (χ2n) is 3.89. The molecule has 0 saturated heterocycles. The van der Waals surface area contributed by atoms with E-state index in [-0.39, 0.29) is 11.5 Å². The number of anilines is 1. The number of halogens is 1. The summed E-state index contributed by atoms with van der Waals surface area (Å²) in [4.78, 5) is 0. The van der Waals surface area contributed by atoms with Crippen molar-refractivity contribution in [2.45, 2.75) is 0 Å². The lowest BCUT2D eigenvalue weighted by Gasteiger charge is -2.05. The van der Waals surface area contributed by atoms with E-state index in [2.05, 4.69) is 10.5 Å². The fourth-order valence-electron chi connectivity index (χ4n) is 1.63. The number of nitrogens with zero attached hydrogens (tertiary/aromatic N) is 3. The SMILES string of the molecule is N#CC(C#N)=NNc1cccc(-c2cccc(F)c2)c1. The fourth-order valence-corrected chi connectivity index (χ4v) is 1.63. The maximum atomic E-state index is 13.2. The molecule has 0 radical (unpaired) electrons. The molecule has 96 valence electrons. The molecule has 0 fully saturated rings. The third kappa shape index (κ3) is 3.18. The number of hydrogen-bond donors (Lipinski definition) is 1. The summed E-state index contributed by atoms with van der Waals surface area (Å²) in [7, 11) is 0. The van der Waals surface area contributed by atoms with E-state index in [0.717, 1.165) is 11.1 Å². The lowest BCUT2D eigenvalue weighted by molar-refractivity contribution is 0.628. The smallest absolute Gasteiger partial charge is 0.237 e. The average molecular weight is 264 g/mol. The molecule has 0 spiro atoms. The highest BCUT2D eigenvalue weighted by molar-refractivity contribution is 6.10. The Bertz CT molecular complexity index is 722. The van der Waals surface area contributed by atoms with Crippen molar-refractivity contribution in [1.82, 2.24) is 0 Å². The molecule has 5 heteroatoms. The first-order valence-electron chi connectivity index (χ1n) is 5.73. The number of rotatable bonds is 3. The van der Waals surface area contributed by atoms with Gasteiger partial charge in [0.2, 0.25) is 5.71 Å². The first-order chi connectivity index (χ1) is 9.72. The zero-order chi connectivity index (χ0) is 14.4. The Morgan fingerprint density at radius 2 is 1.65 bits per heavy atom. The van der Waals surface area contributed by atoms with Crippen molar-refractivity contribution in [2.24, 2.45) is 5.10 Å². The Morgan fingerprint density at radius 3 is 2.30 bits per heavy atom. The molecule has 2 aromatic rings. The summed E-state index contributed by atoms with van der Waals surface area (Å²) in [6, 6.07) is 16.6. The predicted molar refractivity (Wildman–Crippen MR) is 74.1 cm³/mol. The number of benzene rings is 2. The van der Waals surface area contributed by atoms with Gasteiger partial charge in [-0.3, -0.25) is 5.43 Å². The molecule has 0 atom stereocenters. The summed E-state index contributed by atoms with van der Waals surface area (Å²) < 4.78 is 13.2. The van der Waals surface area contributed by atoms with Crippen LogP contribution in [0.1, 0.15) is 0 Å². The number of hydrogen-bond acceptors (Lipinski definition) is 4. The maximum Gasteiger partial charge on any atom is 0.237 e. The average Bonchev–Trinajstić information content (AvgIpc) is 2.49. The summed E-state index contributed by atoms with van der Waals surface area (Å²) in [5.74, 6) is -0.310. The van der Waals surface area contributed by atoms with Crippen LogP contribution in [0, 0.1) is 28.5 Å². The van der Waals surface area contributed by atoms with E-state index in [1.54, 1.807) is 42.5 Å². The zero-order valence-electron chi connectivity index (χ0n) is 10.3. The molecule has 2 rings (SSSR count). The van der Waals surface area contributed by atoms with E-state index in [1.807, 2.05) is 6.07 Å². The summed E-state index contributed by atoms with van der Waals surface area (Å²) >= 11 is 0. The third-order valence-corrected chi connectivity index (χ3v) is 2.53. The Balaban J connectivity index is 2.28. The monoisotopic (exact) mass is 264 g/mol. The quantitative estimate of drug-likeness (QED) is 0.682. The Kier molecular flexibility index (Phi) is 4.06. The maximum absolute atomic E-state index is 13.2. The van der Waals surface area contributed by atoms with Gasteiger partial charge in [-0.1, -0.05) is 24.3 Å². The van der Waals surface area contributed by atoms with Crippen LogP contribution in [0.3, 0.4) is 0 Å². The standard InChI is InChI=1S/C15H9FN4/c16-13-5-1-3-11(7-13)12-4-2-6-14(8-12)19-20-15(9-17)10-18/h1-8,19H. The predicted octanol–water partition coefficient (Wildman–Crippen LogP) is 3.31. The Labute approximate surface area is 115 Å². The van der Waals surface area contributed by atoms with Crippen molar-refractivity contribution in [1.29, 1.82) is 10.5 Å². The van der Waals surface area contributed by atoms with Gasteiger partial charge in [0.25, 0.3) is 0 Å². The molecule has 0 saturated carbocycles. The molecular formula is C15H9FN4. The van der Waals surface area contributed by atoms with Gasteiger partial charge < -0.3 is 0 Å². The second kappa shape index (κ2) is 6.12. The van der Waals surface area contributed by atoms with Gasteiger partial charge in [0.05, 0.1) is 5.69 Å². The van der Waals surface area contributed by atoms with Crippen LogP contribution in [-0.4, -0.2) is 5.71 Å². The molecule has 20 heavy (non-hydrogen) atoms. The summed E-state index contributed by atoms with van der Waals surface area (Å²) in [6.07, 6.45) is 0. The molecule has 4 nitrogen and oxygen atoms in total. The normalized spacial score (nSPS) is 9.15. The van der Waals surface area contributed by atoms with E-state index in [1.165, 1.54) is 12.1 Å². The summed E-state index contributed by atoms with van der Waals surface area (Å²) in [5, 5.41) is 20.8. The summed E-state index contributed by atoms with van der Waals surface area (Å²) in [6.45, 7) is 0. The Hall–Kier alpha value is -3.18. The molecule has 0 amide bonds. The van der Waals surface area contributed by atoms with Gasteiger partial charge in [-0.2, -0.15) is 15.6 Å². The molecule has 0 aliphatic carbocycles. The second-order valence-corrected chi connectivity index (χ2v) is 3.89. The van der Waals surface area contributed by atoms with Crippen molar-refractivity contribution in [2.75, 3.05) is 5.43 Å². The molecule has 0 heterocycles. The minimum absolute atomic E-state index is 0.263. The largest absolute Gasteiger partial charge is 0.276 e. The minimum Gasteiger partial charge on any atom is -0.276 e. The van der Waals surface area contributed by atoms with Crippen LogP contribution < -0.4 is 5.43 Å². The molecule has 0 aliphatic heterocycles. The van der Waals surface area contributed by atoms with Gasteiger partial charge in [0.15, 0.2) is 0 Å². The molecule has 0 aliphatic rings. The molecule has 0 unspecified atom stereocenters. The zero-order valence-corrected chi connectivity index (χ0v) is 10.3. The number of hydrazone groups is 1. The third-order valence-electron chi connectivity index (χ3n) is 2.53. The topological polar surface area (TPSA) is 72.0 Å². The molecule has 0 bridgehead atoms. The van der Waals surface area contributed by atoms with Gasteiger partial charge in [0, 0.05) is 0 Å². The first-order valence-corrected chi connectivity index (χ1v) is 5.73. The number of nitriles is 2. The van der Waals surface area contributed by atoms with E-state index in [0.29, 0.717) is 5.69 Å². The van der Waals surface area contributed by atoms with Crippen molar-refractivity contribution < 1.29 is 4.39 Å². The van der Waals surface area contributed by atoms with Crippen LogP contribution in [0.25, 0.3) is 11.1 Å². The van der Waals surface area contributed by atoms with Crippen molar-refractivity contribution in [3.05, 3.63) is 54.3 Å². The van der Waals surface area contributed by atoms with Crippen LogP contribution in [0.4, 0.5) is 10.1 Å². The van der Waals surface area contributed by atoms with Crippen LogP contribution in [0.2, 0.25) is 0 Å². The summed E-state index contributed by atoms with van der Waals surface area (Å²) in [5.41, 5.74) is 4.50. The molecule has 1 N–H and O–H groups in total. The molecule has 0 aromatic heterocycles. The van der Waals surface area contributed by atoms with Crippen molar-refractivity contribution in [3.8, 4) is 23.3 Å². The van der Waals surface area contributed by atoms with Gasteiger partial charge in [-0.25, -0.2) is 4.39 Å². The minimum atomic E-state index is -0.310. The first kappa shape index (κ1) is 13.3. The van der Waals surface area contributed by atoms with Crippen molar-refractivity contribution >= 4 is 11.4 Å². The highest BCUT2D eigenvalue weighted by atomic mass is 19.1. The van der Waals surface area contributed by atoms with Gasteiger partial charge >= 0.3 is 0 Å². The van der Waals surface area contributed by atoms with Crippen LogP contribution in [-0.2, 0) is 0 Å². The van der Waals surface area contributed by atoms with Gasteiger partial charge in [-0.05, 0) is 35.4 Å². The highest BCUT2D eigenvalue weighted by Crippen LogP contribution is 2.23. The van der Waals surface area contributed by atoms with Gasteiger partial charge in [0.1, 0.15) is 18.0 Å². The lowest BCUT2D eigenvalue weighted by Crippen LogP contribution is -1.96. The molecular weight excluding hydrogens is 255 g/mol. The fraction of sp³-hybridized carbons (Fsp3) is 0. The highest BCUT2D eigenvalue weighted by Gasteiger charge is 2.01. The lowest BCUT2D eigenvalue weighted by atomic mass is 10.1. The van der Waals surface area contributed by atoms with Crippen molar-refractivity contribution in [3.63, 3.8) is 0 Å². The van der Waals surface area contributed by atoms with Crippen LogP contribution in [0.5, 0.6) is 0 Å². The van der Waals surface area contributed by atoms with Crippen LogP contribution >= 0.6 is 0 Å². The Morgan fingerprint density at radius 1 is 1.00 bits per heavy atom.